The molecular weight excluding hydrogens is 379 g/mol. The van der Waals surface area contributed by atoms with Gasteiger partial charge >= 0.3 is 0 Å². The van der Waals surface area contributed by atoms with Crippen LogP contribution in [-0.4, -0.2) is 33.1 Å². The molecule has 0 aromatic heterocycles. The van der Waals surface area contributed by atoms with Crippen molar-refractivity contribution in [1.29, 1.82) is 0 Å². The van der Waals surface area contributed by atoms with Crippen LogP contribution in [0.3, 0.4) is 0 Å². The Morgan fingerprint density at radius 2 is 1.67 bits per heavy atom. The summed E-state index contributed by atoms with van der Waals surface area (Å²) >= 11 is 5.88. The van der Waals surface area contributed by atoms with Gasteiger partial charge in [0.15, 0.2) is 11.5 Å². The monoisotopic (exact) mass is 396 g/mol. The van der Waals surface area contributed by atoms with Crippen LogP contribution in [0.5, 0.6) is 17.2 Å². The Bertz CT molecular complexity index is 814. The molecule has 0 unspecified atom stereocenters. The lowest BCUT2D eigenvalue weighted by Gasteiger charge is -2.14. The summed E-state index contributed by atoms with van der Waals surface area (Å²) in [7, 11) is 4.27. The molecule has 0 fully saturated rings. The SMILES string of the molecule is COc1cc(C(=O)NNC(=O)Cc2c(F)cccc2Cl)cc(OC)c1OC. The van der Waals surface area contributed by atoms with E-state index < -0.39 is 17.6 Å². The highest BCUT2D eigenvalue weighted by Gasteiger charge is 2.18. The summed E-state index contributed by atoms with van der Waals surface area (Å²) in [6.07, 6.45) is -0.332. The molecule has 144 valence electrons. The fourth-order valence-electron chi connectivity index (χ4n) is 2.32. The van der Waals surface area contributed by atoms with Crippen molar-refractivity contribution in [2.45, 2.75) is 6.42 Å². The van der Waals surface area contributed by atoms with Crippen molar-refractivity contribution in [3.8, 4) is 17.2 Å². The fraction of sp³-hybridized carbons (Fsp3) is 0.222. The molecule has 0 saturated heterocycles. The molecule has 7 nitrogen and oxygen atoms in total. The second-order valence-electron chi connectivity index (χ2n) is 5.29. The third-order valence-electron chi connectivity index (χ3n) is 3.64. The molecule has 2 aromatic carbocycles. The van der Waals surface area contributed by atoms with Gasteiger partial charge in [0.05, 0.1) is 27.8 Å². The minimum Gasteiger partial charge on any atom is -0.493 e. The van der Waals surface area contributed by atoms with E-state index in [9.17, 15) is 14.0 Å². The summed E-state index contributed by atoms with van der Waals surface area (Å²) in [5.74, 6) is -0.966. The number of methoxy groups -OCH3 is 3. The summed E-state index contributed by atoms with van der Waals surface area (Å²) in [6, 6.07) is 6.96. The van der Waals surface area contributed by atoms with Crippen LogP contribution in [0.4, 0.5) is 4.39 Å². The van der Waals surface area contributed by atoms with Crippen molar-refractivity contribution >= 4 is 23.4 Å². The molecule has 0 aliphatic heterocycles. The molecule has 0 radical (unpaired) electrons. The van der Waals surface area contributed by atoms with E-state index in [1.807, 2.05) is 0 Å². The zero-order chi connectivity index (χ0) is 20.0. The van der Waals surface area contributed by atoms with Crippen LogP contribution < -0.4 is 25.1 Å². The van der Waals surface area contributed by atoms with Gasteiger partial charge in [0.2, 0.25) is 11.7 Å². The number of hydrazine groups is 1. The number of halogens is 2. The average Bonchev–Trinajstić information content (AvgIpc) is 2.67. The Morgan fingerprint density at radius 1 is 1.04 bits per heavy atom. The lowest BCUT2D eigenvalue weighted by Crippen LogP contribution is -2.42. The quantitative estimate of drug-likeness (QED) is 0.733. The molecular formula is C18H18ClFN2O5. The maximum Gasteiger partial charge on any atom is 0.269 e. The first kappa shape index (κ1) is 20.3. The van der Waals surface area contributed by atoms with Gasteiger partial charge < -0.3 is 14.2 Å². The van der Waals surface area contributed by atoms with E-state index in [0.29, 0.717) is 5.75 Å². The maximum absolute atomic E-state index is 13.7. The topological polar surface area (TPSA) is 85.9 Å². The summed E-state index contributed by atoms with van der Waals surface area (Å²) < 4.78 is 29.2. The Kier molecular flexibility index (Phi) is 6.84. The molecule has 0 atom stereocenters. The minimum absolute atomic E-state index is 0.0405. The van der Waals surface area contributed by atoms with Crippen molar-refractivity contribution in [2.24, 2.45) is 0 Å². The Labute approximate surface area is 160 Å². The lowest BCUT2D eigenvalue weighted by atomic mass is 10.1. The Balaban J connectivity index is 2.08. The molecule has 0 heterocycles. The smallest absolute Gasteiger partial charge is 0.269 e. The van der Waals surface area contributed by atoms with E-state index >= 15 is 0 Å². The first-order valence-corrected chi connectivity index (χ1v) is 8.11. The van der Waals surface area contributed by atoms with E-state index in [2.05, 4.69) is 10.9 Å². The zero-order valence-corrected chi connectivity index (χ0v) is 15.6. The molecule has 0 spiro atoms. The van der Waals surface area contributed by atoms with Crippen molar-refractivity contribution < 1.29 is 28.2 Å². The molecule has 27 heavy (non-hydrogen) atoms. The van der Waals surface area contributed by atoms with Crippen LogP contribution in [0.25, 0.3) is 0 Å². The Hall–Kier alpha value is -3.00. The van der Waals surface area contributed by atoms with E-state index in [-0.39, 0.29) is 34.1 Å². The number of hydrogen-bond donors (Lipinski definition) is 2. The van der Waals surface area contributed by atoms with Crippen LogP contribution in [-0.2, 0) is 11.2 Å². The van der Waals surface area contributed by atoms with Crippen LogP contribution in [0, 0.1) is 5.82 Å². The first-order valence-electron chi connectivity index (χ1n) is 7.73. The number of carbonyl (C=O) groups is 2. The number of ether oxygens (including phenoxy) is 3. The van der Waals surface area contributed by atoms with Gasteiger partial charge in [0.25, 0.3) is 5.91 Å². The van der Waals surface area contributed by atoms with Gasteiger partial charge in [-0.15, -0.1) is 0 Å². The van der Waals surface area contributed by atoms with Crippen molar-refractivity contribution in [3.05, 3.63) is 52.3 Å². The largest absolute Gasteiger partial charge is 0.493 e. The van der Waals surface area contributed by atoms with Gasteiger partial charge in [0, 0.05) is 16.1 Å². The molecule has 0 aliphatic carbocycles. The second kappa shape index (κ2) is 9.09. The summed E-state index contributed by atoms with van der Waals surface area (Å²) in [5.41, 5.74) is 4.65. The number of hydrogen-bond acceptors (Lipinski definition) is 5. The van der Waals surface area contributed by atoms with Gasteiger partial charge in [-0.3, -0.25) is 20.4 Å². The zero-order valence-electron chi connectivity index (χ0n) is 14.9. The predicted molar refractivity (Wildman–Crippen MR) is 96.8 cm³/mol. The van der Waals surface area contributed by atoms with E-state index in [4.69, 9.17) is 25.8 Å². The molecule has 9 heteroatoms. The van der Waals surface area contributed by atoms with Crippen LogP contribution in [0.2, 0.25) is 5.02 Å². The van der Waals surface area contributed by atoms with Crippen molar-refractivity contribution in [3.63, 3.8) is 0 Å². The number of benzene rings is 2. The van der Waals surface area contributed by atoms with Crippen LogP contribution in [0.1, 0.15) is 15.9 Å². The first-order chi connectivity index (χ1) is 12.9. The molecule has 0 saturated carbocycles. The van der Waals surface area contributed by atoms with E-state index in [1.54, 1.807) is 0 Å². The van der Waals surface area contributed by atoms with E-state index in [1.165, 1.54) is 51.7 Å². The Morgan fingerprint density at radius 3 is 2.19 bits per heavy atom. The number of nitrogens with one attached hydrogen (secondary N) is 2. The second-order valence-corrected chi connectivity index (χ2v) is 5.70. The summed E-state index contributed by atoms with van der Waals surface area (Å²) in [4.78, 5) is 24.3. The standard InChI is InChI=1S/C18H18ClFN2O5/c1-25-14-7-10(8-15(26-2)17(14)27-3)18(24)22-21-16(23)9-11-12(19)5-4-6-13(11)20/h4-8H,9H2,1-3H3,(H,21,23)(H,22,24). The number of amides is 2. The highest BCUT2D eigenvalue weighted by molar-refractivity contribution is 6.31. The highest BCUT2D eigenvalue weighted by atomic mass is 35.5. The predicted octanol–water partition coefficient (Wildman–Crippen LogP) is 2.51. The number of carbonyl (C=O) groups excluding carboxylic acids is 2. The van der Waals surface area contributed by atoms with Gasteiger partial charge in [0.1, 0.15) is 5.82 Å². The highest BCUT2D eigenvalue weighted by Crippen LogP contribution is 2.38. The molecule has 2 rings (SSSR count). The third kappa shape index (κ3) is 4.79. The molecule has 0 aliphatic rings. The molecule has 2 amide bonds. The molecule has 2 aromatic rings. The molecule has 2 N–H and O–H groups in total. The average molecular weight is 397 g/mol. The van der Waals surface area contributed by atoms with Gasteiger partial charge in [-0.2, -0.15) is 0 Å². The minimum atomic E-state index is -0.636. The van der Waals surface area contributed by atoms with Crippen LogP contribution >= 0.6 is 11.6 Å². The number of rotatable bonds is 6. The van der Waals surface area contributed by atoms with Gasteiger partial charge in [-0.25, -0.2) is 4.39 Å². The normalized spacial score (nSPS) is 10.1. The van der Waals surface area contributed by atoms with Crippen molar-refractivity contribution in [1.82, 2.24) is 10.9 Å². The van der Waals surface area contributed by atoms with Gasteiger partial charge in [-0.05, 0) is 24.3 Å². The summed E-state index contributed by atoms with van der Waals surface area (Å²) in [5, 5.41) is 0.126. The fourth-order valence-corrected chi connectivity index (χ4v) is 2.55. The maximum atomic E-state index is 13.7. The van der Waals surface area contributed by atoms with Crippen molar-refractivity contribution in [2.75, 3.05) is 21.3 Å². The third-order valence-corrected chi connectivity index (χ3v) is 4.00. The van der Waals surface area contributed by atoms with Gasteiger partial charge in [-0.1, -0.05) is 17.7 Å². The molecule has 0 bridgehead atoms. The van der Waals surface area contributed by atoms with Crippen LogP contribution in [0.15, 0.2) is 30.3 Å². The van der Waals surface area contributed by atoms with E-state index in [0.717, 1.165) is 0 Å². The lowest BCUT2D eigenvalue weighted by molar-refractivity contribution is -0.121. The summed E-state index contributed by atoms with van der Waals surface area (Å²) in [6.45, 7) is 0.